The maximum Gasteiger partial charge on any atom is 0.289 e. The van der Waals surface area contributed by atoms with Gasteiger partial charge in [0.1, 0.15) is 0 Å². The molecule has 0 aromatic carbocycles. The number of unbranched alkanes of at least 4 members (excludes halogenated alkanes) is 1. The van der Waals surface area contributed by atoms with Crippen LogP contribution in [0.3, 0.4) is 0 Å². The molecular weight excluding hydrogens is 254 g/mol. The van der Waals surface area contributed by atoms with Crippen molar-refractivity contribution >= 4 is 5.91 Å². The van der Waals surface area contributed by atoms with Gasteiger partial charge in [-0.05, 0) is 12.8 Å². The van der Waals surface area contributed by atoms with Gasteiger partial charge in [-0.25, -0.2) is 9.97 Å². The third-order valence-electron chi connectivity index (χ3n) is 3.04. The highest BCUT2D eigenvalue weighted by Crippen LogP contribution is 2.10. The van der Waals surface area contributed by atoms with E-state index in [1.807, 2.05) is 0 Å². The summed E-state index contributed by atoms with van der Waals surface area (Å²) >= 11 is 0. The summed E-state index contributed by atoms with van der Waals surface area (Å²) in [6, 6.07) is 0. The zero-order chi connectivity index (χ0) is 14.2. The van der Waals surface area contributed by atoms with Crippen molar-refractivity contribution in [1.29, 1.82) is 0 Å². The Morgan fingerprint density at radius 1 is 1.50 bits per heavy atom. The minimum absolute atomic E-state index is 0.185. The second kappa shape index (κ2) is 7.61. The van der Waals surface area contributed by atoms with E-state index in [2.05, 4.69) is 34.0 Å². The maximum absolute atomic E-state index is 11.9. The van der Waals surface area contributed by atoms with E-state index in [4.69, 9.17) is 4.74 Å². The van der Waals surface area contributed by atoms with Crippen molar-refractivity contribution in [2.45, 2.75) is 26.2 Å². The number of carbonyl (C=O) groups is 1. The summed E-state index contributed by atoms with van der Waals surface area (Å²) in [4.78, 5) is 20.0. The first-order valence-electron chi connectivity index (χ1n) is 6.96. The number of nitrogens with zero attached hydrogens (tertiary/aromatic N) is 2. The Morgan fingerprint density at radius 2 is 2.30 bits per heavy atom. The predicted molar refractivity (Wildman–Crippen MR) is 75.1 cm³/mol. The molecule has 1 N–H and O–H groups in total. The zero-order valence-electron chi connectivity index (χ0n) is 11.7. The van der Waals surface area contributed by atoms with Gasteiger partial charge in [-0.15, -0.1) is 0 Å². The van der Waals surface area contributed by atoms with Gasteiger partial charge in [-0.3, -0.25) is 4.79 Å². The molecule has 1 aliphatic heterocycles. The van der Waals surface area contributed by atoms with E-state index in [9.17, 15) is 4.79 Å². The van der Waals surface area contributed by atoms with Crippen LogP contribution in [0.25, 0.3) is 0 Å². The monoisotopic (exact) mass is 273 g/mol. The number of nitrogens with one attached hydrogen (secondary N) is 1. The smallest absolute Gasteiger partial charge is 0.289 e. The molecule has 5 heteroatoms. The molecule has 0 aliphatic carbocycles. The molecule has 106 valence electrons. The van der Waals surface area contributed by atoms with Crippen LogP contribution in [0.1, 0.15) is 42.4 Å². The quantitative estimate of drug-likeness (QED) is 0.842. The summed E-state index contributed by atoms with van der Waals surface area (Å²) in [7, 11) is 0. The summed E-state index contributed by atoms with van der Waals surface area (Å²) in [5, 5.41) is 2.83. The van der Waals surface area contributed by atoms with E-state index < -0.39 is 0 Å². The third-order valence-corrected chi connectivity index (χ3v) is 3.04. The number of ether oxygens (including phenoxy) is 1. The molecular formula is C15H19N3O2. The van der Waals surface area contributed by atoms with Crippen molar-refractivity contribution in [3.8, 4) is 11.8 Å². The number of aromatic nitrogens is 2. The van der Waals surface area contributed by atoms with Gasteiger partial charge >= 0.3 is 0 Å². The fraction of sp³-hybridized carbons (Fsp3) is 0.533. The second-order valence-corrected chi connectivity index (χ2v) is 4.79. The molecule has 0 bridgehead atoms. The van der Waals surface area contributed by atoms with Crippen LogP contribution in [0.2, 0.25) is 0 Å². The summed E-state index contributed by atoms with van der Waals surface area (Å²) < 4.78 is 5.26. The first-order valence-corrected chi connectivity index (χ1v) is 6.96. The second-order valence-electron chi connectivity index (χ2n) is 4.79. The fourth-order valence-corrected chi connectivity index (χ4v) is 1.86. The Kier molecular flexibility index (Phi) is 5.51. The molecule has 0 saturated carbocycles. The van der Waals surface area contributed by atoms with Gasteiger partial charge in [0, 0.05) is 37.9 Å². The number of rotatable bonds is 4. The molecule has 5 nitrogen and oxygen atoms in total. The molecule has 1 unspecified atom stereocenters. The number of amides is 1. The first kappa shape index (κ1) is 14.5. The normalized spacial score (nSPS) is 17.4. The molecule has 1 amide bonds. The molecule has 1 fully saturated rings. The van der Waals surface area contributed by atoms with Crippen molar-refractivity contribution in [3.05, 3.63) is 23.8 Å². The van der Waals surface area contributed by atoms with Gasteiger partial charge in [0.25, 0.3) is 5.91 Å². The molecule has 1 aliphatic rings. The van der Waals surface area contributed by atoms with Gasteiger partial charge in [0.15, 0.2) is 0 Å². The molecule has 0 radical (unpaired) electrons. The van der Waals surface area contributed by atoms with Gasteiger partial charge < -0.3 is 10.1 Å². The predicted octanol–water partition coefficient (Wildman–Crippen LogP) is 1.39. The molecule has 20 heavy (non-hydrogen) atoms. The minimum atomic E-state index is -0.245. The topological polar surface area (TPSA) is 64.1 Å². The SMILES string of the molecule is CCCC#Cc1cnc(C(=O)NCC2CCOC2)nc1. The maximum atomic E-state index is 11.9. The minimum Gasteiger partial charge on any atom is -0.381 e. The van der Waals surface area contributed by atoms with E-state index in [0.29, 0.717) is 19.1 Å². The number of carbonyl (C=O) groups excluding carboxylic acids is 1. The largest absolute Gasteiger partial charge is 0.381 e. The highest BCUT2D eigenvalue weighted by molar-refractivity contribution is 5.90. The Balaban J connectivity index is 1.85. The lowest BCUT2D eigenvalue weighted by Crippen LogP contribution is -2.30. The van der Waals surface area contributed by atoms with E-state index in [0.717, 1.165) is 31.4 Å². The van der Waals surface area contributed by atoms with Crippen LogP contribution < -0.4 is 5.32 Å². The fourth-order valence-electron chi connectivity index (χ4n) is 1.86. The van der Waals surface area contributed by atoms with Crippen LogP contribution in [-0.4, -0.2) is 35.6 Å². The van der Waals surface area contributed by atoms with Crippen LogP contribution in [0.15, 0.2) is 12.4 Å². The van der Waals surface area contributed by atoms with E-state index >= 15 is 0 Å². The van der Waals surface area contributed by atoms with Crippen LogP contribution in [0, 0.1) is 17.8 Å². The van der Waals surface area contributed by atoms with Crippen LogP contribution in [0.5, 0.6) is 0 Å². The molecule has 2 heterocycles. The van der Waals surface area contributed by atoms with Crippen LogP contribution in [0.4, 0.5) is 0 Å². The first-order chi connectivity index (χ1) is 9.79. The number of hydrogen-bond donors (Lipinski definition) is 1. The Labute approximate surface area is 119 Å². The van der Waals surface area contributed by atoms with Crippen molar-refractivity contribution in [1.82, 2.24) is 15.3 Å². The molecule has 2 rings (SSSR count). The average molecular weight is 273 g/mol. The molecule has 1 atom stereocenters. The third kappa shape index (κ3) is 4.32. The van der Waals surface area contributed by atoms with Crippen molar-refractivity contribution in [2.24, 2.45) is 5.92 Å². The average Bonchev–Trinajstić information content (AvgIpc) is 2.99. The van der Waals surface area contributed by atoms with Crippen molar-refractivity contribution < 1.29 is 9.53 Å². The van der Waals surface area contributed by atoms with Gasteiger partial charge in [-0.2, -0.15) is 0 Å². The van der Waals surface area contributed by atoms with Crippen molar-refractivity contribution in [2.75, 3.05) is 19.8 Å². The lowest BCUT2D eigenvalue weighted by atomic mass is 10.1. The summed E-state index contributed by atoms with van der Waals surface area (Å²) in [5.41, 5.74) is 0.735. The summed E-state index contributed by atoms with van der Waals surface area (Å²) in [6.45, 7) is 4.18. The Morgan fingerprint density at radius 3 is 2.95 bits per heavy atom. The molecule has 1 aromatic heterocycles. The molecule has 0 spiro atoms. The van der Waals surface area contributed by atoms with Gasteiger partial charge in [0.05, 0.1) is 12.2 Å². The summed E-state index contributed by atoms with van der Waals surface area (Å²) in [6.07, 6.45) is 6.05. The highest BCUT2D eigenvalue weighted by atomic mass is 16.5. The number of hydrogen-bond acceptors (Lipinski definition) is 4. The summed E-state index contributed by atoms with van der Waals surface area (Å²) in [5.74, 6) is 6.32. The van der Waals surface area contributed by atoms with E-state index in [-0.39, 0.29) is 11.7 Å². The lowest BCUT2D eigenvalue weighted by molar-refractivity contribution is 0.0934. The van der Waals surface area contributed by atoms with Crippen LogP contribution in [-0.2, 0) is 4.74 Å². The molecule has 1 aromatic rings. The van der Waals surface area contributed by atoms with E-state index in [1.165, 1.54) is 0 Å². The van der Waals surface area contributed by atoms with Crippen molar-refractivity contribution in [3.63, 3.8) is 0 Å². The van der Waals surface area contributed by atoms with Gasteiger partial charge in [-0.1, -0.05) is 18.8 Å². The van der Waals surface area contributed by atoms with Gasteiger partial charge in [0.2, 0.25) is 5.82 Å². The standard InChI is InChI=1S/C15H19N3O2/c1-2-3-4-5-12-8-16-14(17-9-12)15(19)18-10-13-6-7-20-11-13/h8-9,13H,2-3,6-7,10-11H2,1H3,(H,18,19). The Hall–Kier alpha value is -1.93. The van der Waals surface area contributed by atoms with E-state index in [1.54, 1.807) is 12.4 Å². The molecule has 1 saturated heterocycles. The Bertz CT molecular complexity index is 496. The lowest BCUT2D eigenvalue weighted by Gasteiger charge is -2.08. The van der Waals surface area contributed by atoms with Crippen LogP contribution >= 0.6 is 0 Å². The highest BCUT2D eigenvalue weighted by Gasteiger charge is 2.17. The zero-order valence-corrected chi connectivity index (χ0v) is 11.7.